The van der Waals surface area contributed by atoms with Gasteiger partial charge in [0.15, 0.2) is 0 Å². The van der Waals surface area contributed by atoms with Crippen molar-refractivity contribution in [2.75, 3.05) is 32.6 Å². The molecule has 0 spiro atoms. The molecule has 1 heterocycles. The zero-order chi connectivity index (χ0) is 12.5. The minimum atomic E-state index is 0.105. The summed E-state index contributed by atoms with van der Waals surface area (Å²) in [6, 6.07) is 0.308. The fourth-order valence-electron chi connectivity index (χ4n) is 1.75. The lowest BCUT2D eigenvalue weighted by molar-refractivity contribution is -0.121. The SMILES string of the molecule is CSC(C)CCNCC(=O)NC1CCOCC1. The largest absolute Gasteiger partial charge is 0.381 e. The van der Waals surface area contributed by atoms with Crippen LogP contribution in [0.25, 0.3) is 0 Å². The second-order valence-corrected chi connectivity index (χ2v) is 5.74. The highest BCUT2D eigenvalue weighted by atomic mass is 32.2. The molecule has 1 aliphatic heterocycles. The van der Waals surface area contributed by atoms with Crippen LogP contribution < -0.4 is 10.6 Å². The summed E-state index contributed by atoms with van der Waals surface area (Å²) >= 11 is 1.86. The van der Waals surface area contributed by atoms with Crippen LogP contribution in [0.4, 0.5) is 0 Å². The van der Waals surface area contributed by atoms with Gasteiger partial charge >= 0.3 is 0 Å². The standard InChI is InChI=1S/C12H24N2O2S/c1-10(17-2)3-6-13-9-12(15)14-11-4-7-16-8-5-11/h10-11,13H,3-9H2,1-2H3,(H,14,15). The summed E-state index contributed by atoms with van der Waals surface area (Å²) < 4.78 is 5.25. The number of amides is 1. The molecule has 0 bridgehead atoms. The van der Waals surface area contributed by atoms with Crippen molar-refractivity contribution >= 4 is 17.7 Å². The lowest BCUT2D eigenvalue weighted by Gasteiger charge is -2.23. The van der Waals surface area contributed by atoms with Gasteiger partial charge in [0.1, 0.15) is 0 Å². The van der Waals surface area contributed by atoms with Crippen LogP contribution in [-0.2, 0) is 9.53 Å². The van der Waals surface area contributed by atoms with Crippen molar-refractivity contribution in [2.45, 2.75) is 37.5 Å². The van der Waals surface area contributed by atoms with Crippen molar-refractivity contribution < 1.29 is 9.53 Å². The molecule has 1 fully saturated rings. The minimum Gasteiger partial charge on any atom is -0.381 e. The maximum Gasteiger partial charge on any atom is 0.234 e. The Balaban J connectivity index is 2.00. The number of hydrogen-bond acceptors (Lipinski definition) is 4. The number of hydrogen-bond donors (Lipinski definition) is 2. The third-order valence-electron chi connectivity index (χ3n) is 3.00. The minimum absolute atomic E-state index is 0.105. The number of thioether (sulfide) groups is 1. The van der Waals surface area contributed by atoms with E-state index in [2.05, 4.69) is 23.8 Å². The third kappa shape index (κ3) is 6.91. The fourth-order valence-corrected chi connectivity index (χ4v) is 2.10. The van der Waals surface area contributed by atoms with E-state index in [1.807, 2.05) is 11.8 Å². The molecule has 2 N–H and O–H groups in total. The number of carbonyl (C=O) groups is 1. The van der Waals surface area contributed by atoms with Crippen molar-refractivity contribution in [3.8, 4) is 0 Å². The quantitative estimate of drug-likeness (QED) is 0.671. The van der Waals surface area contributed by atoms with E-state index in [0.717, 1.165) is 39.0 Å². The molecule has 0 aromatic heterocycles. The summed E-state index contributed by atoms with van der Waals surface area (Å²) in [6.07, 6.45) is 5.10. The predicted molar refractivity (Wildman–Crippen MR) is 72.4 cm³/mol. The Hall–Kier alpha value is -0.260. The first-order chi connectivity index (χ1) is 8.22. The lowest BCUT2D eigenvalue weighted by Crippen LogP contribution is -2.43. The second kappa shape index (κ2) is 8.78. The number of ether oxygens (including phenoxy) is 1. The Bertz CT molecular complexity index is 221. The fraction of sp³-hybridized carbons (Fsp3) is 0.917. The molecule has 4 nitrogen and oxygen atoms in total. The summed E-state index contributed by atoms with van der Waals surface area (Å²) in [7, 11) is 0. The highest BCUT2D eigenvalue weighted by Crippen LogP contribution is 2.08. The smallest absolute Gasteiger partial charge is 0.234 e. The summed E-state index contributed by atoms with van der Waals surface area (Å²) in [5.41, 5.74) is 0. The molecule has 100 valence electrons. The van der Waals surface area contributed by atoms with Crippen LogP contribution in [0.5, 0.6) is 0 Å². The monoisotopic (exact) mass is 260 g/mol. The highest BCUT2D eigenvalue weighted by Gasteiger charge is 2.15. The van der Waals surface area contributed by atoms with E-state index >= 15 is 0 Å². The lowest BCUT2D eigenvalue weighted by atomic mass is 10.1. The van der Waals surface area contributed by atoms with E-state index < -0.39 is 0 Å². The second-order valence-electron chi connectivity index (χ2n) is 4.47. The van der Waals surface area contributed by atoms with Crippen molar-refractivity contribution in [1.29, 1.82) is 0 Å². The van der Waals surface area contributed by atoms with Crippen LogP contribution in [0, 0.1) is 0 Å². The molecular weight excluding hydrogens is 236 g/mol. The van der Waals surface area contributed by atoms with Gasteiger partial charge in [-0.15, -0.1) is 0 Å². The Kier molecular flexibility index (Phi) is 7.64. The normalized spacial score (nSPS) is 18.9. The van der Waals surface area contributed by atoms with E-state index in [1.165, 1.54) is 0 Å². The van der Waals surface area contributed by atoms with Gasteiger partial charge in [-0.05, 0) is 32.1 Å². The van der Waals surface area contributed by atoms with Gasteiger partial charge < -0.3 is 15.4 Å². The van der Waals surface area contributed by atoms with Crippen LogP contribution >= 0.6 is 11.8 Å². The van der Waals surface area contributed by atoms with E-state index in [1.54, 1.807) is 0 Å². The molecular formula is C12H24N2O2S. The van der Waals surface area contributed by atoms with Crippen LogP contribution in [0.1, 0.15) is 26.2 Å². The van der Waals surface area contributed by atoms with Crippen LogP contribution in [0.15, 0.2) is 0 Å². The summed E-state index contributed by atoms with van der Waals surface area (Å²) in [4.78, 5) is 11.6. The molecule has 1 saturated heterocycles. The molecule has 1 atom stereocenters. The maximum absolute atomic E-state index is 11.6. The van der Waals surface area contributed by atoms with Gasteiger partial charge in [0, 0.05) is 24.5 Å². The van der Waals surface area contributed by atoms with Crippen molar-refractivity contribution in [3.05, 3.63) is 0 Å². The first-order valence-electron chi connectivity index (χ1n) is 6.33. The van der Waals surface area contributed by atoms with Crippen LogP contribution in [0.2, 0.25) is 0 Å². The molecule has 0 aromatic rings. The zero-order valence-corrected chi connectivity index (χ0v) is 11.6. The number of carbonyl (C=O) groups excluding carboxylic acids is 1. The molecule has 1 amide bonds. The molecule has 0 aromatic carbocycles. The average Bonchev–Trinajstić information content (AvgIpc) is 2.35. The Morgan fingerprint density at radius 3 is 2.82 bits per heavy atom. The Morgan fingerprint density at radius 1 is 1.47 bits per heavy atom. The average molecular weight is 260 g/mol. The van der Waals surface area contributed by atoms with Gasteiger partial charge in [-0.1, -0.05) is 6.92 Å². The van der Waals surface area contributed by atoms with Gasteiger partial charge in [0.2, 0.25) is 5.91 Å². The van der Waals surface area contributed by atoms with Gasteiger partial charge in [0.25, 0.3) is 0 Å². The molecule has 0 saturated carbocycles. The number of rotatable bonds is 7. The summed E-state index contributed by atoms with van der Waals surface area (Å²) in [5, 5.41) is 6.87. The van der Waals surface area contributed by atoms with E-state index in [0.29, 0.717) is 17.8 Å². The predicted octanol–water partition coefficient (Wildman–Crippen LogP) is 1.01. The van der Waals surface area contributed by atoms with Crippen LogP contribution in [-0.4, -0.2) is 49.8 Å². The highest BCUT2D eigenvalue weighted by molar-refractivity contribution is 7.99. The summed E-state index contributed by atoms with van der Waals surface area (Å²) in [5.74, 6) is 0.105. The molecule has 1 unspecified atom stereocenters. The topological polar surface area (TPSA) is 50.4 Å². The molecule has 0 aliphatic carbocycles. The molecule has 5 heteroatoms. The van der Waals surface area contributed by atoms with E-state index in [-0.39, 0.29) is 5.91 Å². The van der Waals surface area contributed by atoms with E-state index in [4.69, 9.17) is 4.74 Å². The molecule has 0 radical (unpaired) electrons. The molecule has 1 rings (SSSR count). The molecule has 1 aliphatic rings. The third-order valence-corrected chi connectivity index (χ3v) is 4.04. The first-order valence-corrected chi connectivity index (χ1v) is 7.61. The zero-order valence-electron chi connectivity index (χ0n) is 10.8. The van der Waals surface area contributed by atoms with E-state index in [9.17, 15) is 4.79 Å². The summed E-state index contributed by atoms with van der Waals surface area (Å²) in [6.45, 7) is 5.07. The Morgan fingerprint density at radius 2 is 2.18 bits per heavy atom. The van der Waals surface area contributed by atoms with Gasteiger partial charge in [-0.25, -0.2) is 0 Å². The van der Waals surface area contributed by atoms with Gasteiger partial charge in [-0.2, -0.15) is 11.8 Å². The first kappa shape index (κ1) is 14.8. The van der Waals surface area contributed by atoms with Gasteiger partial charge in [0.05, 0.1) is 6.54 Å². The molecule has 17 heavy (non-hydrogen) atoms. The van der Waals surface area contributed by atoms with Crippen LogP contribution in [0.3, 0.4) is 0 Å². The Labute approximate surface area is 108 Å². The van der Waals surface area contributed by atoms with Gasteiger partial charge in [-0.3, -0.25) is 4.79 Å². The van der Waals surface area contributed by atoms with Crippen molar-refractivity contribution in [3.63, 3.8) is 0 Å². The number of nitrogens with one attached hydrogen (secondary N) is 2. The van der Waals surface area contributed by atoms with Crippen molar-refractivity contribution in [1.82, 2.24) is 10.6 Å². The maximum atomic E-state index is 11.6. The van der Waals surface area contributed by atoms with Crippen molar-refractivity contribution in [2.24, 2.45) is 0 Å².